The predicted octanol–water partition coefficient (Wildman–Crippen LogP) is 3.74. The molecule has 4 heterocycles. The summed E-state index contributed by atoms with van der Waals surface area (Å²) in [5.41, 5.74) is 2.59. The van der Waals surface area contributed by atoms with Gasteiger partial charge in [0.2, 0.25) is 0 Å². The summed E-state index contributed by atoms with van der Waals surface area (Å²) in [6.07, 6.45) is 7.48. The smallest absolute Gasteiger partial charge is 0.187 e. The second-order valence-electron chi connectivity index (χ2n) is 9.79. The number of rotatable bonds is 5. The van der Waals surface area contributed by atoms with E-state index >= 15 is 0 Å². The van der Waals surface area contributed by atoms with E-state index in [9.17, 15) is 0 Å². The van der Waals surface area contributed by atoms with Crippen molar-refractivity contribution in [1.29, 1.82) is 0 Å². The van der Waals surface area contributed by atoms with Crippen LogP contribution < -0.4 is 9.64 Å². The summed E-state index contributed by atoms with van der Waals surface area (Å²) in [4.78, 5) is 16.3. The van der Waals surface area contributed by atoms with E-state index in [1.807, 2.05) is 18.2 Å². The maximum Gasteiger partial charge on any atom is 0.187 e. The number of nitrogens with zero attached hydrogens (tertiary/aromatic N) is 5. The fraction of sp³-hybridized carbons (Fsp3) is 0.500. The average Bonchev–Trinajstić information content (AvgIpc) is 3.70. The van der Waals surface area contributed by atoms with Gasteiger partial charge >= 0.3 is 0 Å². The number of aromatic amines is 1. The number of hydrogen-bond acceptors (Lipinski definition) is 7. The molecule has 0 bridgehead atoms. The first-order valence-electron chi connectivity index (χ1n) is 11.6. The maximum absolute atomic E-state index is 6.16. The topological polar surface area (TPSA) is 88.5 Å². The van der Waals surface area contributed by atoms with Crippen LogP contribution in [0.15, 0.2) is 35.6 Å². The fourth-order valence-corrected chi connectivity index (χ4v) is 4.72. The van der Waals surface area contributed by atoms with E-state index in [4.69, 9.17) is 14.5 Å². The van der Waals surface area contributed by atoms with Crippen LogP contribution in [0.25, 0.3) is 22.3 Å². The van der Waals surface area contributed by atoms with E-state index in [1.165, 1.54) is 12.8 Å². The van der Waals surface area contributed by atoms with Gasteiger partial charge in [0.25, 0.3) is 0 Å². The molecule has 4 aliphatic rings. The molecule has 3 aromatic rings. The molecule has 1 aromatic carbocycles. The highest BCUT2D eigenvalue weighted by Gasteiger charge is 2.42. The third kappa shape index (κ3) is 3.20. The van der Waals surface area contributed by atoms with E-state index in [1.54, 1.807) is 6.33 Å². The predicted molar refractivity (Wildman–Crippen MR) is 121 cm³/mol. The van der Waals surface area contributed by atoms with Gasteiger partial charge in [-0.1, -0.05) is 0 Å². The van der Waals surface area contributed by atoms with Gasteiger partial charge in [-0.3, -0.25) is 5.10 Å². The number of benzene rings is 1. The number of aromatic nitrogens is 4. The van der Waals surface area contributed by atoms with Crippen LogP contribution in [-0.2, 0) is 4.74 Å². The number of fused-ring (bicyclic) bond motifs is 2. The number of aliphatic imine (C=N–C) groups is 1. The van der Waals surface area contributed by atoms with Crippen LogP contribution in [0.4, 0.5) is 5.82 Å². The monoisotopic (exact) mass is 430 g/mol. The summed E-state index contributed by atoms with van der Waals surface area (Å²) in [5, 5.41) is 8.70. The quantitative estimate of drug-likeness (QED) is 0.663. The molecule has 0 spiro atoms. The van der Waals surface area contributed by atoms with Gasteiger partial charge in [-0.15, -0.1) is 0 Å². The summed E-state index contributed by atoms with van der Waals surface area (Å²) >= 11 is 0. The molecule has 8 nitrogen and oxygen atoms in total. The van der Waals surface area contributed by atoms with Gasteiger partial charge in [0.1, 0.15) is 41.3 Å². The van der Waals surface area contributed by atoms with Gasteiger partial charge in [-0.25, -0.2) is 15.0 Å². The van der Waals surface area contributed by atoms with E-state index in [2.05, 4.69) is 38.1 Å². The third-order valence-electron chi connectivity index (χ3n) is 7.08. The maximum atomic E-state index is 6.16. The first-order chi connectivity index (χ1) is 15.6. The van der Waals surface area contributed by atoms with Crippen molar-refractivity contribution in [2.75, 3.05) is 18.0 Å². The number of ether oxygens (including phenoxy) is 2. The Morgan fingerprint density at radius 3 is 2.91 bits per heavy atom. The molecule has 1 N–H and O–H groups in total. The largest absolute Gasteiger partial charge is 0.488 e. The summed E-state index contributed by atoms with van der Waals surface area (Å²) in [6, 6.07) is 8.33. The van der Waals surface area contributed by atoms with Crippen LogP contribution in [-0.4, -0.2) is 56.9 Å². The van der Waals surface area contributed by atoms with Crippen LogP contribution in [0.5, 0.6) is 5.75 Å². The molecule has 164 valence electrons. The minimum absolute atomic E-state index is 0.0163. The van der Waals surface area contributed by atoms with E-state index < -0.39 is 0 Å². The standard InChI is InChI=1S/C24H26N6O2/c1-24(7-8-24)32-15-4-5-17-16(10-15)22(29-28-17)18-11-21(26-13-25-18)30-9-6-20-19(12-30)27-23(31-20)14-2-3-14/h4-5,10-11,13-14,19-20H,2-3,6-9,12H2,1H3,(H,28,29). The number of nitrogens with one attached hydrogen (secondary N) is 1. The first kappa shape index (κ1) is 18.4. The molecule has 1 saturated heterocycles. The van der Waals surface area contributed by atoms with Gasteiger partial charge in [0.05, 0.1) is 11.2 Å². The number of hydrogen-bond donors (Lipinski definition) is 1. The van der Waals surface area contributed by atoms with Crippen molar-refractivity contribution in [3.05, 3.63) is 30.6 Å². The molecule has 0 radical (unpaired) electrons. The number of H-pyrrole nitrogens is 1. The number of piperidine rings is 1. The van der Waals surface area contributed by atoms with Crippen LogP contribution in [0.1, 0.15) is 39.0 Å². The van der Waals surface area contributed by atoms with Crippen molar-refractivity contribution >= 4 is 22.6 Å². The molecular weight excluding hydrogens is 404 g/mol. The summed E-state index contributed by atoms with van der Waals surface area (Å²) < 4.78 is 12.3. The first-order valence-corrected chi connectivity index (χ1v) is 11.6. The Morgan fingerprint density at radius 1 is 1.16 bits per heavy atom. The van der Waals surface area contributed by atoms with Crippen molar-refractivity contribution in [3.63, 3.8) is 0 Å². The van der Waals surface area contributed by atoms with Crippen molar-refractivity contribution in [2.24, 2.45) is 10.9 Å². The van der Waals surface area contributed by atoms with Gasteiger partial charge in [-0.05, 0) is 50.8 Å². The molecule has 2 atom stereocenters. The number of anilines is 1. The van der Waals surface area contributed by atoms with Crippen molar-refractivity contribution in [1.82, 2.24) is 20.2 Å². The highest BCUT2D eigenvalue weighted by Crippen LogP contribution is 2.41. The van der Waals surface area contributed by atoms with Gasteiger partial charge in [-0.2, -0.15) is 5.10 Å². The Hall–Kier alpha value is -3.16. The molecule has 2 saturated carbocycles. The third-order valence-corrected chi connectivity index (χ3v) is 7.08. The Kier molecular flexibility index (Phi) is 3.84. The summed E-state index contributed by atoms with van der Waals surface area (Å²) in [7, 11) is 0. The van der Waals surface area contributed by atoms with Crippen LogP contribution in [0.2, 0.25) is 0 Å². The average molecular weight is 431 g/mol. The van der Waals surface area contributed by atoms with Gasteiger partial charge in [0.15, 0.2) is 5.90 Å². The SMILES string of the molecule is CC1(Oc2ccc3[nH]nc(-c4cc(N5CCC6OC(C7CC7)=NC6C5)ncn4)c3c2)CC1. The van der Waals surface area contributed by atoms with Crippen LogP contribution in [0.3, 0.4) is 0 Å². The van der Waals surface area contributed by atoms with Gasteiger partial charge < -0.3 is 14.4 Å². The highest BCUT2D eigenvalue weighted by molar-refractivity contribution is 5.93. The Balaban J connectivity index is 1.17. The normalized spacial score (nSPS) is 25.9. The lowest BCUT2D eigenvalue weighted by atomic mass is 10.0. The lowest BCUT2D eigenvalue weighted by Gasteiger charge is -2.33. The minimum Gasteiger partial charge on any atom is -0.488 e. The molecule has 2 aliphatic carbocycles. The molecule has 0 amide bonds. The molecule has 3 fully saturated rings. The van der Waals surface area contributed by atoms with Crippen molar-refractivity contribution < 1.29 is 9.47 Å². The zero-order valence-electron chi connectivity index (χ0n) is 18.1. The summed E-state index contributed by atoms with van der Waals surface area (Å²) in [5.74, 6) is 3.36. The molecule has 2 unspecified atom stereocenters. The van der Waals surface area contributed by atoms with E-state index in [-0.39, 0.29) is 17.7 Å². The highest BCUT2D eigenvalue weighted by atomic mass is 16.5. The molecule has 2 aliphatic heterocycles. The minimum atomic E-state index is -0.0163. The van der Waals surface area contributed by atoms with Crippen molar-refractivity contribution in [3.8, 4) is 17.1 Å². The Labute approximate surface area is 186 Å². The Morgan fingerprint density at radius 2 is 2.06 bits per heavy atom. The second-order valence-corrected chi connectivity index (χ2v) is 9.79. The lowest BCUT2D eigenvalue weighted by Crippen LogP contribution is -2.45. The molecule has 32 heavy (non-hydrogen) atoms. The second kappa shape index (κ2) is 6.67. The zero-order valence-corrected chi connectivity index (χ0v) is 18.1. The van der Waals surface area contributed by atoms with Crippen LogP contribution >= 0.6 is 0 Å². The summed E-state index contributed by atoms with van der Waals surface area (Å²) in [6.45, 7) is 3.89. The fourth-order valence-electron chi connectivity index (χ4n) is 4.72. The lowest BCUT2D eigenvalue weighted by molar-refractivity contribution is 0.164. The molecule has 2 aromatic heterocycles. The molecular formula is C24H26N6O2. The molecule has 8 heteroatoms. The van der Waals surface area contributed by atoms with Crippen molar-refractivity contribution in [2.45, 2.75) is 56.8 Å². The molecule has 7 rings (SSSR count). The van der Waals surface area contributed by atoms with Crippen LogP contribution in [0, 0.1) is 5.92 Å². The van der Waals surface area contributed by atoms with E-state index in [0.717, 1.165) is 72.1 Å². The van der Waals surface area contributed by atoms with E-state index in [0.29, 0.717) is 5.92 Å². The Bertz CT molecular complexity index is 1230. The zero-order chi connectivity index (χ0) is 21.3. The van der Waals surface area contributed by atoms with Gasteiger partial charge in [0, 0.05) is 36.9 Å².